The van der Waals surface area contributed by atoms with Crippen molar-refractivity contribution in [2.24, 2.45) is 5.73 Å². The fourth-order valence-corrected chi connectivity index (χ4v) is 1.42. The highest BCUT2D eigenvalue weighted by Gasteiger charge is 2.11. The third-order valence-electron chi connectivity index (χ3n) is 1.48. The van der Waals surface area contributed by atoms with Gasteiger partial charge in [0.2, 0.25) is 5.13 Å². The third kappa shape index (κ3) is 3.69. The zero-order chi connectivity index (χ0) is 9.90. The van der Waals surface area contributed by atoms with Crippen LogP contribution >= 0.6 is 11.5 Å². The predicted octanol–water partition coefficient (Wildman–Crippen LogP) is 1.25. The summed E-state index contributed by atoms with van der Waals surface area (Å²) in [7, 11) is 0. The minimum Gasteiger partial charge on any atom is -0.358 e. The average Bonchev–Trinajstić information content (AvgIpc) is 2.47. The normalized spacial score (nSPS) is 11.7. The van der Waals surface area contributed by atoms with Crippen LogP contribution in [-0.4, -0.2) is 21.4 Å². The van der Waals surface area contributed by atoms with E-state index in [0.717, 1.165) is 17.4 Å². The van der Waals surface area contributed by atoms with Gasteiger partial charge in [-0.05, 0) is 13.8 Å². The minimum atomic E-state index is -0.210. The van der Waals surface area contributed by atoms with Gasteiger partial charge in [-0.15, -0.1) is 0 Å². The van der Waals surface area contributed by atoms with Gasteiger partial charge in [0, 0.05) is 30.0 Å². The van der Waals surface area contributed by atoms with E-state index in [4.69, 9.17) is 5.73 Å². The molecular formula is C8H16N4S. The quantitative estimate of drug-likeness (QED) is 0.767. The molecule has 0 aromatic carbocycles. The molecule has 0 unspecified atom stereocenters. The van der Waals surface area contributed by atoms with Crippen LogP contribution in [0, 0.1) is 0 Å². The van der Waals surface area contributed by atoms with Gasteiger partial charge in [-0.3, -0.25) is 0 Å². The SMILES string of the molecule is CCc1nsc(NCC(C)(C)N)n1. The summed E-state index contributed by atoms with van der Waals surface area (Å²) in [5, 5.41) is 4.02. The highest BCUT2D eigenvalue weighted by molar-refractivity contribution is 7.09. The first kappa shape index (κ1) is 10.4. The highest BCUT2D eigenvalue weighted by atomic mass is 32.1. The highest BCUT2D eigenvalue weighted by Crippen LogP contribution is 2.11. The van der Waals surface area contributed by atoms with Crippen LogP contribution in [0.25, 0.3) is 0 Å². The lowest BCUT2D eigenvalue weighted by Gasteiger charge is -2.17. The number of hydrogen-bond donors (Lipinski definition) is 2. The van der Waals surface area contributed by atoms with Crippen LogP contribution < -0.4 is 11.1 Å². The maximum absolute atomic E-state index is 5.82. The molecule has 0 bridgehead atoms. The number of aromatic nitrogens is 2. The number of hydrogen-bond acceptors (Lipinski definition) is 5. The van der Waals surface area contributed by atoms with E-state index < -0.39 is 0 Å². The molecule has 1 rings (SSSR count). The Bertz CT molecular complexity index is 263. The first-order chi connectivity index (χ1) is 6.01. The molecule has 0 aliphatic carbocycles. The van der Waals surface area contributed by atoms with Crippen molar-refractivity contribution in [3.8, 4) is 0 Å². The second-order valence-corrected chi connectivity index (χ2v) is 4.46. The van der Waals surface area contributed by atoms with E-state index in [-0.39, 0.29) is 5.54 Å². The first-order valence-electron chi connectivity index (χ1n) is 4.36. The Morgan fingerprint density at radius 3 is 2.69 bits per heavy atom. The van der Waals surface area contributed by atoms with Crippen molar-refractivity contribution in [1.29, 1.82) is 0 Å². The monoisotopic (exact) mass is 200 g/mol. The van der Waals surface area contributed by atoms with Crippen LogP contribution in [0.3, 0.4) is 0 Å². The number of aryl methyl sites for hydroxylation is 1. The van der Waals surface area contributed by atoms with Gasteiger partial charge >= 0.3 is 0 Å². The van der Waals surface area contributed by atoms with Crippen LogP contribution in [-0.2, 0) is 6.42 Å². The molecule has 0 spiro atoms. The molecule has 0 aliphatic rings. The zero-order valence-electron chi connectivity index (χ0n) is 8.29. The second kappa shape index (κ2) is 4.02. The molecule has 0 radical (unpaired) electrons. The van der Waals surface area contributed by atoms with Crippen LogP contribution in [0.2, 0.25) is 0 Å². The lowest BCUT2D eigenvalue weighted by Crippen LogP contribution is -2.39. The Morgan fingerprint density at radius 1 is 1.54 bits per heavy atom. The number of anilines is 1. The van der Waals surface area contributed by atoms with Crippen molar-refractivity contribution in [1.82, 2.24) is 9.36 Å². The van der Waals surface area contributed by atoms with Crippen LogP contribution in [0.1, 0.15) is 26.6 Å². The van der Waals surface area contributed by atoms with Crippen molar-refractivity contribution < 1.29 is 0 Å². The van der Waals surface area contributed by atoms with E-state index in [1.54, 1.807) is 0 Å². The van der Waals surface area contributed by atoms with E-state index in [9.17, 15) is 0 Å². The number of rotatable bonds is 4. The summed E-state index contributed by atoms with van der Waals surface area (Å²) in [6.07, 6.45) is 0.879. The maximum Gasteiger partial charge on any atom is 0.202 e. The summed E-state index contributed by atoms with van der Waals surface area (Å²) in [5.41, 5.74) is 5.61. The van der Waals surface area contributed by atoms with Gasteiger partial charge in [0.25, 0.3) is 0 Å². The Labute approximate surface area is 82.7 Å². The molecule has 3 N–H and O–H groups in total. The molecule has 5 heteroatoms. The topological polar surface area (TPSA) is 63.8 Å². The van der Waals surface area contributed by atoms with Crippen molar-refractivity contribution in [2.75, 3.05) is 11.9 Å². The fraction of sp³-hybridized carbons (Fsp3) is 0.750. The molecule has 4 nitrogen and oxygen atoms in total. The molecule has 1 heterocycles. The summed E-state index contributed by atoms with van der Waals surface area (Å²) < 4.78 is 4.16. The average molecular weight is 200 g/mol. The molecule has 0 aliphatic heterocycles. The molecule has 0 amide bonds. The Hall–Kier alpha value is -0.680. The molecule has 0 fully saturated rings. The number of nitrogens with one attached hydrogen (secondary N) is 1. The molecule has 1 aromatic rings. The van der Waals surface area contributed by atoms with Gasteiger partial charge in [0.15, 0.2) is 0 Å². The zero-order valence-corrected chi connectivity index (χ0v) is 9.11. The number of nitrogens with two attached hydrogens (primary N) is 1. The standard InChI is InChI=1S/C8H16N4S/c1-4-6-11-7(13-12-6)10-5-8(2,3)9/h4-5,9H2,1-3H3,(H,10,11,12). The Balaban J connectivity index is 2.46. The van der Waals surface area contributed by atoms with Crippen LogP contribution in [0.5, 0.6) is 0 Å². The van der Waals surface area contributed by atoms with Crippen molar-refractivity contribution in [3.63, 3.8) is 0 Å². The summed E-state index contributed by atoms with van der Waals surface area (Å²) in [6, 6.07) is 0. The smallest absolute Gasteiger partial charge is 0.202 e. The largest absolute Gasteiger partial charge is 0.358 e. The van der Waals surface area contributed by atoms with Gasteiger partial charge < -0.3 is 11.1 Å². The molecule has 0 saturated carbocycles. The third-order valence-corrected chi connectivity index (χ3v) is 2.19. The van der Waals surface area contributed by atoms with Gasteiger partial charge in [-0.1, -0.05) is 6.92 Å². The lowest BCUT2D eigenvalue weighted by atomic mass is 10.1. The maximum atomic E-state index is 5.82. The van der Waals surface area contributed by atoms with E-state index in [1.807, 2.05) is 20.8 Å². The second-order valence-electron chi connectivity index (χ2n) is 3.71. The Kier molecular flexibility index (Phi) is 3.22. The predicted molar refractivity (Wildman–Crippen MR) is 56.0 cm³/mol. The summed E-state index contributed by atoms with van der Waals surface area (Å²) >= 11 is 1.39. The molecular weight excluding hydrogens is 184 g/mol. The lowest BCUT2D eigenvalue weighted by molar-refractivity contribution is 0.549. The van der Waals surface area contributed by atoms with E-state index >= 15 is 0 Å². The molecule has 13 heavy (non-hydrogen) atoms. The van der Waals surface area contributed by atoms with Gasteiger partial charge in [-0.2, -0.15) is 4.37 Å². The van der Waals surface area contributed by atoms with Gasteiger partial charge in [0.1, 0.15) is 5.82 Å². The van der Waals surface area contributed by atoms with E-state index in [2.05, 4.69) is 14.7 Å². The molecule has 0 saturated heterocycles. The van der Waals surface area contributed by atoms with Crippen molar-refractivity contribution in [2.45, 2.75) is 32.7 Å². The van der Waals surface area contributed by atoms with E-state index in [1.165, 1.54) is 11.5 Å². The van der Waals surface area contributed by atoms with Gasteiger partial charge in [-0.25, -0.2) is 4.98 Å². The van der Waals surface area contributed by atoms with Crippen LogP contribution in [0.4, 0.5) is 5.13 Å². The Morgan fingerprint density at radius 2 is 2.23 bits per heavy atom. The summed E-state index contributed by atoms with van der Waals surface area (Å²) in [6.45, 7) is 6.70. The summed E-state index contributed by atoms with van der Waals surface area (Å²) in [4.78, 5) is 4.27. The van der Waals surface area contributed by atoms with Gasteiger partial charge in [0.05, 0.1) is 0 Å². The summed E-state index contributed by atoms with van der Waals surface area (Å²) in [5.74, 6) is 0.891. The number of nitrogens with zero attached hydrogens (tertiary/aromatic N) is 2. The molecule has 74 valence electrons. The van der Waals surface area contributed by atoms with Crippen molar-refractivity contribution in [3.05, 3.63) is 5.82 Å². The molecule has 1 aromatic heterocycles. The first-order valence-corrected chi connectivity index (χ1v) is 5.14. The van der Waals surface area contributed by atoms with Crippen molar-refractivity contribution >= 4 is 16.7 Å². The van der Waals surface area contributed by atoms with E-state index in [0.29, 0.717) is 6.54 Å². The van der Waals surface area contributed by atoms with Crippen LogP contribution in [0.15, 0.2) is 0 Å². The minimum absolute atomic E-state index is 0.210. The molecule has 0 atom stereocenters. The fourth-order valence-electron chi connectivity index (χ4n) is 0.773.